The third-order valence-electron chi connectivity index (χ3n) is 3.58. The van der Waals surface area contributed by atoms with Gasteiger partial charge in [0.15, 0.2) is 0 Å². The molecule has 2 aromatic rings. The van der Waals surface area contributed by atoms with Gasteiger partial charge in [-0.2, -0.15) is 23.5 Å². The molecule has 100 valence electrons. The number of hydrogen-bond acceptors (Lipinski definition) is 4. The number of nitrogens with zero attached hydrogens (tertiary/aromatic N) is 1. The number of aliphatic hydroxyl groups excluding tert-OH is 1. The normalized spacial score (nSPS) is 25.4. The number of rotatable bonds is 2. The number of fused-ring (bicyclic) bond motifs is 1. The average molecular weight is 291 g/mol. The van der Waals surface area contributed by atoms with Gasteiger partial charge in [-0.1, -0.05) is 25.1 Å². The van der Waals surface area contributed by atoms with E-state index >= 15 is 0 Å². The van der Waals surface area contributed by atoms with Gasteiger partial charge in [0, 0.05) is 39.8 Å². The molecule has 19 heavy (non-hydrogen) atoms. The third kappa shape index (κ3) is 2.62. The van der Waals surface area contributed by atoms with Crippen LogP contribution in [-0.2, 0) is 0 Å². The second-order valence-electron chi connectivity index (χ2n) is 4.80. The summed E-state index contributed by atoms with van der Waals surface area (Å²) in [7, 11) is 0. The van der Waals surface area contributed by atoms with E-state index in [0.717, 1.165) is 22.1 Å². The van der Waals surface area contributed by atoms with Crippen LogP contribution in [-0.4, -0.2) is 32.1 Å². The molecule has 1 N–H and O–H groups in total. The first-order chi connectivity index (χ1) is 9.27. The summed E-state index contributed by atoms with van der Waals surface area (Å²) >= 11 is 3.86. The van der Waals surface area contributed by atoms with E-state index in [2.05, 4.69) is 11.9 Å². The summed E-state index contributed by atoms with van der Waals surface area (Å²) in [5.41, 5.74) is 1.03. The Balaban J connectivity index is 1.99. The van der Waals surface area contributed by atoms with Gasteiger partial charge in [-0.15, -0.1) is 0 Å². The van der Waals surface area contributed by atoms with Crippen LogP contribution in [0.5, 0.6) is 0 Å². The van der Waals surface area contributed by atoms with E-state index in [1.165, 1.54) is 5.75 Å². The van der Waals surface area contributed by atoms with Gasteiger partial charge in [-0.05, 0) is 17.0 Å². The van der Waals surface area contributed by atoms with Gasteiger partial charge in [0.25, 0.3) is 0 Å². The fraction of sp³-hybridized carbons (Fsp3) is 0.400. The lowest BCUT2D eigenvalue weighted by atomic mass is 9.99. The zero-order valence-corrected chi connectivity index (χ0v) is 12.5. The second kappa shape index (κ2) is 5.73. The highest BCUT2D eigenvalue weighted by atomic mass is 32.2. The molecule has 4 heteroatoms. The van der Waals surface area contributed by atoms with Crippen LogP contribution in [0.25, 0.3) is 10.8 Å². The Labute approximate surface area is 122 Å². The van der Waals surface area contributed by atoms with Crippen molar-refractivity contribution in [2.45, 2.75) is 23.5 Å². The van der Waals surface area contributed by atoms with Gasteiger partial charge in [0.2, 0.25) is 0 Å². The lowest BCUT2D eigenvalue weighted by Gasteiger charge is -2.32. The minimum atomic E-state index is -0.404. The minimum absolute atomic E-state index is 0.275. The van der Waals surface area contributed by atoms with Crippen LogP contribution in [0.1, 0.15) is 18.6 Å². The Hall–Kier alpha value is -0.710. The molecule has 2 heterocycles. The summed E-state index contributed by atoms with van der Waals surface area (Å²) in [6.45, 7) is 2.22. The van der Waals surface area contributed by atoms with Crippen molar-refractivity contribution in [2.75, 3.05) is 11.5 Å². The monoisotopic (exact) mass is 291 g/mol. The van der Waals surface area contributed by atoms with Crippen LogP contribution in [0.3, 0.4) is 0 Å². The minimum Gasteiger partial charge on any atom is -0.387 e. The SMILES string of the molecule is CC1SCCSC1C(O)c1cccc2cnccc12. The second-order valence-corrected chi connectivity index (χ2v) is 7.57. The van der Waals surface area contributed by atoms with Crippen molar-refractivity contribution in [1.29, 1.82) is 0 Å². The Kier molecular flexibility index (Phi) is 4.01. The fourth-order valence-electron chi connectivity index (χ4n) is 2.58. The summed E-state index contributed by atoms with van der Waals surface area (Å²) in [5, 5.41) is 13.7. The van der Waals surface area contributed by atoms with Gasteiger partial charge in [0.1, 0.15) is 0 Å². The molecule has 3 atom stereocenters. The van der Waals surface area contributed by atoms with E-state index in [4.69, 9.17) is 0 Å². The van der Waals surface area contributed by atoms with Crippen molar-refractivity contribution in [2.24, 2.45) is 0 Å². The number of pyridine rings is 1. The van der Waals surface area contributed by atoms with Crippen LogP contribution in [0, 0.1) is 0 Å². The van der Waals surface area contributed by atoms with E-state index in [9.17, 15) is 5.11 Å². The molecule has 1 fully saturated rings. The molecule has 0 spiro atoms. The highest BCUT2D eigenvalue weighted by Gasteiger charge is 2.30. The van der Waals surface area contributed by atoms with Crippen LogP contribution >= 0.6 is 23.5 Å². The lowest BCUT2D eigenvalue weighted by molar-refractivity contribution is 0.175. The smallest absolute Gasteiger partial charge is 0.0925 e. The van der Waals surface area contributed by atoms with Crippen molar-refractivity contribution in [3.05, 3.63) is 42.2 Å². The standard InChI is InChI=1S/C15H17NOS2/c1-10-15(19-8-7-18-10)14(17)13-4-2-3-11-9-16-6-5-12(11)13/h2-6,9-10,14-15,17H,7-8H2,1H3. The molecule has 2 nitrogen and oxygen atoms in total. The Morgan fingerprint density at radius 1 is 1.26 bits per heavy atom. The fourth-order valence-corrected chi connectivity index (χ4v) is 5.40. The van der Waals surface area contributed by atoms with Gasteiger partial charge < -0.3 is 5.11 Å². The summed E-state index contributed by atoms with van der Waals surface area (Å²) in [6, 6.07) is 8.09. The Bertz CT molecular complexity index is 570. The molecular formula is C15H17NOS2. The average Bonchev–Trinajstić information content (AvgIpc) is 2.46. The molecule has 1 aromatic heterocycles. The molecular weight excluding hydrogens is 274 g/mol. The summed E-state index contributed by atoms with van der Waals surface area (Å²) < 4.78 is 0. The largest absolute Gasteiger partial charge is 0.387 e. The van der Waals surface area contributed by atoms with Crippen molar-refractivity contribution in [3.63, 3.8) is 0 Å². The summed E-state index contributed by atoms with van der Waals surface area (Å²) in [6.07, 6.45) is 3.25. The van der Waals surface area contributed by atoms with Crippen molar-refractivity contribution < 1.29 is 5.11 Å². The quantitative estimate of drug-likeness (QED) is 0.918. The first-order valence-electron chi connectivity index (χ1n) is 6.51. The van der Waals surface area contributed by atoms with Gasteiger partial charge in [-0.3, -0.25) is 4.98 Å². The van der Waals surface area contributed by atoms with Crippen LogP contribution in [0.15, 0.2) is 36.7 Å². The molecule has 1 aromatic carbocycles. The van der Waals surface area contributed by atoms with Crippen LogP contribution in [0.2, 0.25) is 0 Å². The number of aromatic nitrogens is 1. The predicted molar refractivity (Wildman–Crippen MR) is 84.9 cm³/mol. The number of aliphatic hydroxyl groups is 1. The molecule has 3 unspecified atom stereocenters. The zero-order valence-electron chi connectivity index (χ0n) is 10.8. The molecule has 0 amide bonds. The molecule has 0 aliphatic carbocycles. The van der Waals surface area contributed by atoms with Crippen molar-refractivity contribution in [1.82, 2.24) is 4.98 Å². The summed E-state index contributed by atoms with van der Waals surface area (Å²) in [5.74, 6) is 2.32. The van der Waals surface area contributed by atoms with E-state index in [0.29, 0.717) is 5.25 Å². The Morgan fingerprint density at radius 2 is 2.11 bits per heavy atom. The van der Waals surface area contributed by atoms with Gasteiger partial charge in [0.05, 0.1) is 6.10 Å². The molecule has 3 rings (SSSR count). The van der Waals surface area contributed by atoms with E-state index < -0.39 is 6.10 Å². The Morgan fingerprint density at radius 3 is 2.95 bits per heavy atom. The third-order valence-corrected chi connectivity index (χ3v) is 6.76. The molecule has 0 radical (unpaired) electrons. The highest BCUT2D eigenvalue weighted by Crippen LogP contribution is 2.40. The number of thioether (sulfide) groups is 2. The van der Waals surface area contributed by atoms with E-state index in [1.54, 1.807) is 6.20 Å². The van der Waals surface area contributed by atoms with Crippen LogP contribution < -0.4 is 0 Å². The summed E-state index contributed by atoms with van der Waals surface area (Å²) in [4.78, 5) is 4.15. The lowest BCUT2D eigenvalue weighted by Crippen LogP contribution is -2.29. The van der Waals surface area contributed by atoms with Gasteiger partial charge >= 0.3 is 0 Å². The topological polar surface area (TPSA) is 33.1 Å². The first-order valence-corrected chi connectivity index (χ1v) is 8.61. The predicted octanol–water partition coefficient (Wildman–Crippen LogP) is 3.51. The van der Waals surface area contributed by atoms with Crippen LogP contribution in [0.4, 0.5) is 0 Å². The molecule has 1 aliphatic heterocycles. The van der Waals surface area contributed by atoms with Crippen molar-refractivity contribution >= 4 is 34.3 Å². The van der Waals surface area contributed by atoms with E-state index in [1.807, 2.05) is 54.0 Å². The molecule has 0 saturated carbocycles. The molecule has 1 aliphatic rings. The molecule has 1 saturated heterocycles. The zero-order chi connectivity index (χ0) is 13.2. The maximum absolute atomic E-state index is 10.8. The highest BCUT2D eigenvalue weighted by molar-refractivity contribution is 8.07. The van der Waals surface area contributed by atoms with Crippen molar-refractivity contribution in [3.8, 4) is 0 Å². The van der Waals surface area contributed by atoms with Gasteiger partial charge in [-0.25, -0.2) is 0 Å². The number of hydrogen-bond donors (Lipinski definition) is 1. The molecule has 0 bridgehead atoms. The maximum atomic E-state index is 10.8. The maximum Gasteiger partial charge on any atom is 0.0925 e. The number of benzene rings is 1. The van der Waals surface area contributed by atoms with E-state index in [-0.39, 0.29) is 5.25 Å². The first kappa shape index (κ1) is 13.3.